The Labute approximate surface area is 240 Å². The second-order valence-corrected chi connectivity index (χ2v) is 11.5. The predicted molar refractivity (Wildman–Crippen MR) is 156 cm³/mol. The molecule has 0 radical (unpaired) electrons. The lowest BCUT2D eigenvalue weighted by Crippen LogP contribution is -2.54. The van der Waals surface area contributed by atoms with Gasteiger partial charge in [0.15, 0.2) is 0 Å². The number of ether oxygens (including phenoxy) is 1. The monoisotopic (exact) mass is 555 g/mol. The van der Waals surface area contributed by atoms with Gasteiger partial charge in [-0.25, -0.2) is 0 Å². The number of rotatable bonds is 9. The van der Waals surface area contributed by atoms with Crippen molar-refractivity contribution in [3.8, 4) is 0 Å². The molecule has 6 rings (SSSR count). The first-order valence-corrected chi connectivity index (χ1v) is 14.6. The van der Waals surface area contributed by atoms with E-state index in [4.69, 9.17) is 4.74 Å². The normalized spacial score (nSPS) is 29.0. The van der Waals surface area contributed by atoms with Gasteiger partial charge in [0.1, 0.15) is 11.6 Å². The molecular formula is C33H37N3O5. The molecule has 3 aliphatic rings. The minimum atomic E-state index is -1.18. The summed E-state index contributed by atoms with van der Waals surface area (Å²) < 4.78 is 6.84. The average Bonchev–Trinajstić information content (AvgIpc) is 3.60. The van der Waals surface area contributed by atoms with Crippen molar-refractivity contribution in [1.82, 2.24) is 10.2 Å². The van der Waals surface area contributed by atoms with Crippen molar-refractivity contribution in [2.75, 3.05) is 18.5 Å². The number of hydrogen-bond acceptors (Lipinski definition) is 5. The number of likely N-dealkylation sites (tertiary alicyclic amines) is 1. The van der Waals surface area contributed by atoms with Crippen LogP contribution in [0.25, 0.3) is 10.8 Å². The van der Waals surface area contributed by atoms with E-state index in [1.807, 2.05) is 86.6 Å². The van der Waals surface area contributed by atoms with Gasteiger partial charge in [-0.05, 0) is 54.2 Å². The van der Waals surface area contributed by atoms with E-state index in [1.54, 1.807) is 0 Å². The molecule has 1 spiro atoms. The van der Waals surface area contributed by atoms with E-state index in [9.17, 15) is 19.5 Å². The number of aliphatic hydroxyl groups is 1. The molecule has 3 fully saturated rings. The number of nitrogens with one attached hydrogen (secondary N) is 2. The lowest BCUT2D eigenvalue weighted by atomic mass is 9.65. The van der Waals surface area contributed by atoms with Crippen LogP contribution in [0.5, 0.6) is 0 Å². The molecule has 3 N–H and O–H groups in total. The van der Waals surface area contributed by atoms with Crippen molar-refractivity contribution in [3.05, 3.63) is 78.4 Å². The Morgan fingerprint density at radius 2 is 1.73 bits per heavy atom. The Kier molecular flexibility index (Phi) is 7.08. The molecule has 3 heterocycles. The molecule has 0 aliphatic carbocycles. The number of anilines is 1. The molecule has 6 atom stereocenters. The van der Waals surface area contributed by atoms with Gasteiger partial charge in [-0.15, -0.1) is 0 Å². The van der Waals surface area contributed by atoms with Gasteiger partial charge in [0.25, 0.3) is 0 Å². The van der Waals surface area contributed by atoms with Crippen LogP contribution in [0.4, 0.5) is 5.69 Å². The topological polar surface area (TPSA) is 108 Å². The minimum Gasteiger partial charge on any atom is -0.394 e. The number of nitrogens with zero attached hydrogens (tertiary/aromatic N) is 1. The summed E-state index contributed by atoms with van der Waals surface area (Å²) in [4.78, 5) is 44.0. The van der Waals surface area contributed by atoms with Gasteiger partial charge < -0.3 is 25.4 Å². The molecule has 214 valence electrons. The molecule has 3 aromatic rings. The predicted octanol–water partition coefficient (Wildman–Crippen LogP) is 4.19. The lowest BCUT2D eigenvalue weighted by Gasteiger charge is -2.37. The third-order valence-electron chi connectivity index (χ3n) is 9.41. The SMILES string of the molecule is CCCNC(=O)[C@H]1[C@H]2C(=O)N([C@H](CO)c3ccccc3)C(C(=O)Nc3ccc4ccccc4c3)C23CC[C@]1(CC)O3. The standard InChI is InChI=1S/C33H37N3O5/c1-3-18-34-29(38)26-27-31(40)36(25(20-37)22-11-6-5-7-12-22)28(33(27)17-16-32(26,4-2)41-33)30(39)35-24-15-14-21-10-8-9-13-23(21)19-24/h5-15,19,25-28,37H,3-4,16-18,20H2,1-2H3,(H,34,38)(H,35,39)/t25-,26-,27+,28?,32+,33?/m1/s1. The first kappa shape index (κ1) is 27.4. The van der Waals surface area contributed by atoms with E-state index in [0.717, 1.165) is 22.8 Å². The summed E-state index contributed by atoms with van der Waals surface area (Å²) in [7, 11) is 0. The Balaban J connectivity index is 1.44. The van der Waals surface area contributed by atoms with Gasteiger partial charge >= 0.3 is 0 Å². The van der Waals surface area contributed by atoms with Gasteiger partial charge in [-0.1, -0.05) is 74.5 Å². The Morgan fingerprint density at radius 1 is 1.00 bits per heavy atom. The first-order chi connectivity index (χ1) is 19.9. The van der Waals surface area contributed by atoms with Crippen LogP contribution < -0.4 is 10.6 Å². The quantitative estimate of drug-likeness (QED) is 0.367. The molecule has 41 heavy (non-hydrogen) atoms. The molecular weight excluding hydrogens is 518 g/mol. The van der Waals surface area contributed by atoms with E-state index in [-0.39, 0.29) is 24.3 Å². The summed E-state index contributed by atoms with van der Waals surface area (Å²) in [6.45, 7) is 4.09. The molecule has 8 heteroatoms. The zero-order valence-corrected chi connectivity index (χ0v) is 23.5. The number of carbonyl (C=O) groups excluding carboxylic acids is 3. The van der Waals surface area contributed by atoms with Crippen molar-refractivity contribution in [1.29, 1.82) is 0 Å². The lowest BCUT2D eigenvalue weighted by molar-refractivity contribution is -0.149. The maximum atomic E-state index is 14.5. The van der Waals surface area contributed by atoms with E-state index >= 15 is 0 Å². The van der Waals surface area contributed by atoms with Crippen LogP contribution in [-0.4, -0.2) is 58.1 Å². The van der Waals surface area contributed by atoms with Crippen molar-refractivity contribution in [2.24, 2.45) is 11.8 Å². The number of aliphatic hydroxyl groups excluding tert-OH is 1. The smallest absolute Gasteiger partial charge is 0.250 e. The van der Waals surface area contributed by atoms with E-state index < -0.39 is 35.1 Å². The fraction of sp³-hybridized carbons (Fsp3) is 0.424. The molecule has 0 aromatic heterocycles. The number of amides is 3. The highest BCUT2D eigenvalue weighted by molar-refractivity contribution is 6.04. The third kappa shape index (κ3) is 4.23. The van der Waals surface area contributed by atoms with Gasteiger partial charge in [0, 0.05) is 12.2 Å². The van der Waals surface area contributed by atoms with Gasteiger partial charge in [-0.3, -0.25) is 14.4 Å². The minimum absolute atomic E-state index is 0.204. The van der Waals surface area contributed by atoms with Crippen LogP contribution in [-0.2, 0) is 19.1 Å². The summed E-state index contributed by atoms with van der Waals surface area (Å²) in [5.74, 6) is -2.44. The van der Waals surface area contributed by atoms with Crippen molar-refractivity contribution >= 4 is 34.2 Å². The Hall–Kier alpha value is -3.75. The van der Waals surface area contributed by atoms with Gasteiger partial charge in [0.05, 0.1) is 30.1 Å². The first-order valence-electron chi connectivity index (χ1n) is 14.6. The van der Waals surface area contributed by atoms with Crippen molar-refractivity contribution < 1.29 is 24.2 Å². The summed E-state index contributed by atoms with van der Waals surface area (Å²) in [6.07, 6.45) is 2.39. The summed E-state index contributed by atoms with van der Waals surface area (Å²) in [5, 5.41) is 18.7. The number of carbonyl (C=O) groups is 3. The highest BCUT2D eigenvalue weighted by Gasteiger charge is 2.79. The molecule has 3 saturated heterocycles. The molecule has 2 unspecified atom stereocenters. The second kappa shape index (κ2) is 10.6. The maximum Gasteiger partial charge on any atom is 0.250 e. The fourth-order valence-electron chi connectivity index (χ4n) is 7.55. The molecule has 2 bridgehead atoms. The maximum absolute atomic E-state index is 14.5. The van der Waals surface area contributed by atoms with Gasteiger partial charge in [-0.2, -0.15) is 0 Å². The second-order valence-electron chi connectivity index (χ2n) is 11.5. The zero-order valence-electron chi connectivity index (χ0n) is 23.5. The van der Waals surface area contributed by atoms with Crippen LogP contribution in [0, 0.1) is 11.8 Å². The molecule has 3 aromatic carbocycles. The van der Waals surface area contributed by atoms with Crippen LogP contribution in [0.15, 0.2) is 72.8 Å². The summed E-state index contributed by atoms with van der Waals surface area (Å²) in [6, 6.07) is 21.0. The largest absolute Gasteiger partial charge is 0.394 e. The van der Waals surface area contributed by atoms with E-state index in [2.05, 4.69) is 10.6 Å². The van der Waals surface area contributed by atoms with E-state index in [0.29, 0.717) is 31.5 Å². The third-order valence-corrected chi connectivity index (χ3v) is 9.41. The van der Waals surface area contributed by atoms with Crippen molar-refractivity contribution in [3.63, 3.8) is 0 Å². The van der Waals surface area contributed by atoms with Crippen LogP contribution in [0.1, 0.15) is 51.1 Å². The molecule has 0 saturated carbocycles. The van der Waals surface area contributed by atoms with Gasteiger partial charge in [0.2, 0.25) is 17.7 Å². The van der Waals surface area contributed by atoms with Crippen LogP contribution >= 0.6 is 0 Å². The number of hydrogen-bond donors (Lipinski definition) is 3. The van der Waals surface area contributed by atoms with Crippen molar-refractivity contribution in [2.45, 2.75) is 62.8 Å². The number of fused-ring (bicyclic) bond motifs is 2. The van der Waals surface area contributed by atoms with Crippen LogP contribution in [0.3, 0.4) is 0 Å². The fourth-order valence-corrected chi connectivity index (χ4v) is 7.55. The zero-order chi connectivity index (χ0) is 28.8. The summed E-state index contributed by atoms with van der Waals surface area (Å²) in [5.41, 5.74) is -0.663. The average molecular weight is 556 g/mol. The molecule has 3 amide bonds. The number of benzene rings is 3. The van der Waals surface area contributed by atoms with Crippen LogP contribution in [0.2, 0.25) is 0 Å². The summed E-state index contributed by atoms with van der Waals surface area (Å²) >= 11 is 0. The Morgan fingerprint density at radius 3 is 2.44 bits per heavy atom. The highest BCUT2D eigenvalue weighted by atomic mass is 16.5. The molecule has 8 nitrogen and oxygen atoms in total. The molecule has 3 aliphatic heterocycles. The van der Waals surface area contributed by atoms with E-state index in [1.165, 1.54) is 4.90 Å². The Bertz CT molecular complexity index is 1480. The highest BCUT2D eigenvalue weighted by Crippen LogP contribution is 2.65.